The molecule has 154 valence electrons. The van der Waals surface area contributed by atoms with E-state index >= 15 is 0 Å². The Morgan fingerprint density at radius 3 is 2.41 bits per heavy atom. The number of hydrogen-bond acceptors (Lipinski definition) is 4. The number of anilines is 1. The summed E-state index contributed by atoms with van der Waals surface area (Å²) in [4.78, 5) is 23.8. The molecule has 1 aliphatic rings. The molecule has 6 heteroatoms. The molecule has 1 aliphatic carbocycles. The maximum absolute atomic E-state index is 13.3. The highest BCUT2D eigenvalue weighted by Crippen LogP contribution is 2.42. The van der Waals surface area contributed by atoms with E-state index in [1.807, 2.05) is 32.0 Å². The maximum Gasteiger partial charge on any atom is 0.269 e. The van der Waals surface area contributed by atoms with Crippen molar-refractivity contribution in [1.82, 2.24) is 0 Å². The van der Waals surface area contributed by atoms with E-state index in [1.165, 1.54) is 12.1 Å². The van der Waals surface area contributed by atoms with E-state index in [2.05, 4.69) is 12.2 Å². The smallest absolute Gasteiger partial charge is 0.269 e. The average molecular weight is 396 g/mol. The topological polar surface area (TPSA) is 81.5 Å². The number of benzene rings is 2. The van der Waals surface area contributed by atoms with E-state index in [1.54, 1.807) is 12.1 Å². The minimum absolute atomic E-state index is 0.0369. The van der Waals surface area contributed by atoms with Crippen molar-refractivity contribution in [2.75, 3.05) is 5.32 Å². The first-order valence-corrected chi connectivity index (χ1v) is 10.2. The standard InChI is InChI=1S/C23H28N2O4/c1-4-17(3)29-21-12-9-19(15-16(21)2)24-22(26)23(13-5-6-14-23)18-7-10-20(11-8-18)25(27)28/h7-12,15,17H,4-6,13-14H2,1-3H3,(H,24,26). The van der Waals surface area contributed by atoms with Gasteiger partial charge >= 0.3 is 0 Å². The number of nitro benzene ring substituents is 1. The van der Waals surface area contributed by atoms with Crippen molar-refractivity contribution in [3.63, 3.8) is 0 Å². The van der Waals surface area contributed by atoms with Crippen molar-refractivity contribution in [3.8, 4) is 5.75 Å². The summed E-state index contributed by atoms with van der Waals surface area (Å²) >= 11 is 0. The first-order valence-electron chi connectivity index (χ1n) is 10.2. The summed E-state index contributed by atoms with van der Waals surface area (Å²) in [5.74, 6) is 0.766. The number of non-ortho nitro benzene ring substituents is 1. The molecule has 3 rings (SSSR count). The van der Waals surface area contributed by atoms with Gasteiger partial charge in [0, 0.05) is 17.8 Å². The third kappa shape index (κ3) is 4.42. The summed E-state index contributed by atoms with van der Waals surface area (Å²) in [6.45, 7) is 6.08. The Balaban J connectivity index is 1.81. The Morgan fingerprint density at radius 2 is 1.86 bits per heavy atom. The lowest BCUT2D eigenvalue weighted by Gasteiger charge is -2.28. The molecule has 0 saturated heterocycles. The van der Waals surface area contributed by atoms with Crippen LogP contribution in [0.1, 0.15) is 57.1 Å². The van der Waals surface area contributed by atoms with Gasteiger partial charge in [0.2, 0.25) is 5.91 Å². The maximum atomic E-state index is 13.3. The van der Waals surface area contributed by atoms with Crippen molar-refractivity contribution in [3.05, 3.63) is 63.7 Å². The van der Waals surface area contributed by atoms with Gasteiger partial charge in [-0.05, 0) is 62.4 Å². The molecule has 2 aromatic carbocycles. The molecule has 2 aromatic rings. The van der Waals surface area contributed by atoms with Crippen LogP contribution in [0.15, 0.2) is 42.5 Å². The van der Waals surface area contributed by atoms with Crippen LogP contribution in [-0.2, 0) is 10.2 Å². The molecular weight excluding hydrogens is 368 g/mol. The van der Waals surface area contributed by atoms with E-state index in [4.69, 9.17) is 4.74 Å². The van der Waals surface area contributed by atoms with Gasteiger partial charge in [-0.1, -0.05) is 31.9 Å². The molecule has 1 amide bonds. The van der Waals surface area contributed by atoms with Crippen LogP contribution in [0.25, 0.3) is 0 Å². The summed E-state index contributed by atoms with van der Waals surface area (Å²) < 4.78 is 5.91. The third-order valence-corrected chi connectivity index (χ3v) is 5.86. The molecule has 0 aromatic heterocycles. The number of carbonyl (C=O) groups excluding carboxylic acids is 1. The number of amides is 1. The second-order valence-electron chi connectivity index (χ2n) is 7.86. The van der Waals surface area contributed by atoms with Crippen LogP contribution in [0.3, 0.4) is 0 Å². The van der Waals surface area contributed by atoms with Crippen molar-refractivity contribution >= 4 is 17.3 Å². The molecule has 1 saturated carbocycles. The molecule has 6 nitrogen and oxygen atoms in total. The lowest BCUT2D eigenvalue weighted by Crippen LogP contribution is -2.38. The fraction of sp³-hybridized carbons (Fsp3) is 0.435. The number of aryl methyl sites for hydroxylation is 1. The van der Waals surface area contributed by atoms with Crippen LogP contribution in [0, 0.1) is 17.0 Å². The molecule has 29 heavy (non-hydrogen) atoms. The molecule has 1 unspecified atom stereocenters. The molecule has 0 aliphatic heterocycles. The van der Waals surface area contributed by atoms with Crippen LogP contribution in [0.5, 0.6) is 5.75 Å². The zero-order valence-electron chi connectivity index (χ0n) is 17.2. The van der Waals surface area contributed by atoms with E-state index in [0.717, 1.165) is 54.7 Å². The predicted octanol–water partition coefficient (Wildman–Crippen LogP) is 5.53. The average Bonchev–Trinajstić information content (AvgIpc) is 3.21. The summed E-state index contributed by atoms with van der Waals surface area (Å²) in [7, 11) is 0. The number of nitro groups is 1. The highest BCUT2D eigenvalue weighted by atomic mass is 16.6. The van der Waals surface area contributed by atoms with Gasteiger partial charge in [-0.25, -0.2) is 0 Å². The molecule has 0 heterocycles. The van der Waals surface area contributed by atoms with E-state index in [9.17, 15) is 14.9 Å². The lowest BCUT2D eigenvalue weighted by atomic mass is 9.78. The summed E-state index contributed by atoms with van der Waals surface area (Å²) in [6.07, 6.45) is 4.47. The number of rotatable bonds is 7. The fourth-order valence-electron chi connectivity index (χ4n) is 3.94. The summed E-state index contributed by atoms with van der Waals surface area (Å²) in [5, 5.41) is 14.0. The molecule has 1 N–H and O–H groups in total. The van der Waals surface area contributed by atoms with Crippen molar-refractivity contribution in [2.45, 2.75) is 64.4 Å². The Labute approximate surface area is 171 Å². The molecule has 1 fully saturated rings. The van der Waals surface area contributed by atoms with E-state index in [0.29, 0.717) is 0 Å². The second-order valence-corrected chi connectivity index (χ2v) is 7.86. The Hall–Kier alpha value is -2.89. The van der Waals surface area contributed by atoms with Crippen LogP contribution in [0.2, 0.25) is 0 Å². The normalized spacial score (nSPS) is 16.2. The van der Waals surface area contributed by atoms with Crippen molar-refractivity contribution in [1.29, 1.82) is 0 Å². The molecule has 0 radical (unpaired) electrons. The van der Waals surface area contributed by atoms with Gasteiger partial charge in [0.05, 0.1) is 16.4 Å². The Morgan fingerprint density at radius 1 is 1.21 bits per heavy atom. The van der Waals surface area contributed by atoms with Gasteiger partial charge in [0.1, 0.15) is 5.75 Å². The number of hydrogen-bond donors (Lipinski definition) is 1. The first kappa shape index (κ1) is 20.8. The Kier molecular flexibility index (Phi) is 6.20. The van der Waals surface area contributed by atoms with Gasteiger partial charge in [-0.2, -0.15) is 0 Å². The van der Waals surface area contributed by atoms with Crippen LogP contribution >= 0.6 is 0 Å². The largest absolute Gasteiger partial charge is 0.490 e. The van der Waals surface area contributed by atoms with Gasteiger partial charge in [0.15, 0.2) is 0 Å². The third-order valence-electron chi connectivity index (χ3n) is 5.86. The molecule has 0 bridgehead atoms. The van der Waals surface area contributed by atoms with Gasteiger partial charge in [-0.3, -0.25) is 14.9 Å². The predicted molar refractivity (Wildman–Crippen MR) is 113 cm³/mol. The monoisotopic (exact) mass is 396 g/mol. The lowest BCUT2D eigenvalue weighted by molar-refractivity contribution is -0.384. The molecule has 0 spiro atoms. The van der Waals surface area contributed by atoms with Crippen LogP contribution in [0.4, 0.5) is 11.4 Å². The van der Waals surface area contributed by atoms with E-state index < -0.39 is 10.3 Å². The van der Waals surface area contributed by atoms with E-state index in [-0.39, 0.29) is 17.7 Å². The zero-order valence-corrected chi connectivity index (χ0v) is 17.2. The quantitative estimate of drug-likeness (QED) is 0.493. The second kappa shape index (κ2) is 8.64. The SMILES string of the molecule is CCC(C)Oc1ccc(NC(=O)C2(c3ccc([N+](=O)[O-])cc3)CCCC2)cc1C. The van der Waals surface area contributed by atoms with Crippen LogP contribution in [-0.4, -0.2) is 16.9 Å². The highest BCUT2D eigenvalue weighted by Gasteiger charge is 2.42. The first-order chi connectivity index (χ1) is 13.9. The number of nitrogens with zero attached hydrogens (tertiary/aromatic N) is 1. The number of ether oxygens (including phenoxy) is 1. The minimum Gasteiger partial charge on any atom is -0.490 e. The van der Waals surface area contributed by atoms with Gasteiger partial charge in [-0.15, -0.1) is 0 Å². The summed E-state index contributed by atoms with van der Waals surface area (Å²) in [6, 6.07) is 12.1. The van der Waals surface area contributed by atoms with Crippen LogP contribution < -0.4 is 10.1 Å². The zero-order chi connectivity index (χ0) is 21.0. The highest BCUT2D eigenvalue weighted by molar-refractivity contribution is 5.99. The number of nitrogens with one attached hydrogen (secondary N) is 1. The Bertz CT molecular complexity index is 886. The summed E-state index contributed by atoms with van der Waals surface area (Å²) in [5.41, 5.74) is 1.94. The van der Waals surface area contributed by atoms with Gasteiger partial charge < -0.3 is 10.1 Å². The fourth-order valence-corrected chi connectivity index (χ4v) is 3.94. The van der Waals surface area contributed by atoms with Crippen molar-refractivity contribution < 1.29 is 14.5 Å². The van der Waals surface area contributed by atoms with Gasteiger partial charge in [0.25, 0.3) is 5.69 Å². The molecular formula is C23H28N2O4. The molecule has 1 atom stereocenters. The van der Waals surface area contributed by atoms with Crippen molar-refractivity contribution in [2.24, 2.45) is 0 Å². The minimum atomic E-state index is -0.644. The number of carbonyl (C=O) groups is 1.